The Balaban J connectivity index is 1.65. The van der Waals surface area contributed by atoms with Crippen LogP contribution in [0.3, 0.4) is 0 Å². The number of piperidine rings is 1. The molecule has 30 heavy (non-hydrogen) atoms. The second kappa shape index (κ2) is 7.86. The van der Waals surface area contributed by atoms with Gasteiger partial charge in [0, 0.05) is 25.1 Å². The average Bonchev–Trinajstić information content (AvgIpc) is 3.17. The van der Waals surface area contributed by atoms with Gasteiger partial charge < -0.3 is 10.0 Å². The van der Waals surface area contributed by atoms with Crippen molar-refractivity contribution in [2.75, 3.05) is 18.0 Å². The third-order valence-corrected chi connectivity index (χ3v) is 6.26. The molecule has 4 rings (SSSR count). The number of nitrogens with zero attached hydrogens (tertiary/aromatic N) is 6. The summed E-state index contributed by atoms with van der Waals surface area (Å²) in [4.78, 5) is 15.1. The number of halogens is 2. The van der Waals surface area contributed by atoms with Gasteiger partial charge in [0.1, 0.15) is 23.5 Å². The highest BCUT2D eigenvalue weighted by atomic mass is 19.3. The topological polar surface area (TPSA) is 79.4 Å². The highest BCUT2D eigenvalue weighted by Gasteiger charge is 2.38. The molecule has 1 N–H and O–H groups in total. The lowest BCUT2D eigenvalue weighted by Crippen LogP contribution is -2.49. The number of aliphatic hydroxyl groups is 1. The molecule has 2 atom stereocenters. The van der Waals surface area contributed by atoms with Gasteiger partial charge in [-0.25, -0.2) is 28.2 Å². The van der Waals surface area contributed by atoms with Crippen LogP contribution in [-0.2, 0) is 0 Å². The van der Waals surface area contributed by atoms with Gasteiger partial charge in [0.05, 0.1) is 17.5 Å². The summed E-state index contributed by atoms with van der Waals surface area (Å²) >= 11 is 0. The molecule has 0 radical (unpaired) electrons. The Morgan fingerprint density at radius 2 is 2.00 bits per heavy atom. The lowest BCUT2D eigenvalue weighted by atomic mass is 9.76. The van der Waals surface area contributed by atoms with E-state index in [9.17, 15) is 13.9 Å². The lowest BCUT2D eigenvalue weighted by Gasteiger charge is -2.43. The number of hydrogen-bond acceptors (Lipinski definition) is 6. The zero-order valence-corrected chi connectivity index (χ0v) is 17.3. The molecular weight excluding hydrogens is 390 g/mol. The van der Waals surface area contributed by atoms with E-state index in [1.165, 1.54) is 23.0 Å². The van der Waals surface area contributed by atoms with Crippen LogP contribution in [0, 0.1) is 11.8 Å². The van der Waals surface area contributed by atoms with Crippen LogP contribution in [-0.4, -0.2) is 48.4 Å². The van der Waals surface area contributed by atoms with Crippen LogP contribution in [0.2, 0.25) is 0 Å². The number of alkyl halides is 2. The molecule has 3 aromatic rings. The van der Waals surface area contributed by atoms with Gasteiger partial charge in [-0.15, -0.1) is 0 Å². The second-order valence-corrected chi connectivity index (χ2v) is 8.40. The monoisotopic (exact) mass is 416 g/mol. The normalized spacial score (nSPS) is 19.6. The first-order valence-corrected chi connectivity index (χ1v) is 10.2. The van der Waals surface area contributed by atoms with Gasteiger partial charge in [-0.1, -0.05) is 13.8 Å². The summed E-state index contributed by atoms with van der Waals surface area (Å²) < 4.78 is 27.6. The van der Waals surface area contributed by atoms with Gasteiger partial charge >= 0.3 is 0 Å². The lowest BCUT2D eigenvalue weighted by molar-refractivity contribution is -0.0462. The summed E-state index contributed by atoms with van der Waals surface area (Å²) in [5.74, 6) is 1.02. The third kappa shape index (κ3) is 3.74. The molecular formula is C21H26F2N6O. The number of aromatic nitrogens is 5. The second-order valence-electron chi connectivity index (χ2n) is 8.40. The summed E-state index contributed by atoms with van der Waals surface area (Å²) in [5.41, 5.74) is 0.487. The summed E-state index contributed by atoms with van der Waals surface area (Å²) in [6.07, 6.45) is 2.30. The van der Waals surface area contributed by atoms with Crippen molar-refractivity contribution in [3.05, 3.63) is 36.4 Å². The summed E-state index contributed by atoms with van der Waals surface area (Å²) in [5, 5.41) is 14.9. The predicted octanol–water partition coefficient (Wildman–Crippen LogP) is 3.75. The molecule has 1 fully saturated rings. The van der Waals surface area contributed by atoms with Crippen molar-refractivity contribution in [3.8, 4) is 11.4 Å². The smallest absolute Gasteiger partial charge is 0.282 e. The van der Waals surface area contributed by atoms with Crippen molar-refractivity contribution in [3.63, 3.8) is 0 Å². The van der Waals surface area contributed by atoms with Crippen LogP contribution in [0.4, 0.5) is 14.6 Å². The van der Waals surface area contributed by atoms with E-state index in [0.717, 1.165) is 25.2 Å². The predicted molar refractivity (Wildman–Crippen MR) is 109 cm³/mol. The van der Waals surface area contributed by atoms with E-state index >= 15 is 0 Å². The van der Waals surface area contributed by atoms with Crippen molar-refractivity contribution in [1.29, 1.82) is 0 Å². The van der Waals surface area contributed by atoms with E-state index in [1.807, 2.05) is 26.8 Å². The molecule has 7 nitrogen and oxygen atoms in total. The van der Waals surface area contributed by atoms with Crippen molar-refractivity contribution in [2.45, 2.75) is 45.6 Å². The molecule has 2 unspecified atom stereocenters. The number of anilines is 1. The van der Waals surface area contributed by atoms with Crippen molar-refractivity contribution >= 4 is 11.5 Å². The third-order valence-electron chi connectivity index (χ3n) is 6.26. The van der Waals surface area contributed by atoms with E-state index in [0.29, 0.717) is 23.6 Å². The summed E-state index contributed by atoms with van der Waals surface area (Å²) in [6, 6.07) is 4.62. The molecule has 3 aromatic heterocycles. The fraction of sp³-hybridized carbons (Fsp3) is 0.524. The minimum atomic E-state index is -2.66. The van der Waals surface area contributed by atoms with E-state index in [2.05, 4.69) is 25.0 Å². The first-order valence-electron chi connectivity index (χ1n) is 10.2. The molecule has 0 aliphatic carbocycles. The Labute approximate surface area is 173 Å². The summed E-state index contributed by atoms with van der Waals surface area (Å²) in [7, 11) is 0. The zero-order valence-electron chi connectivity index (χ0n) is 17.3. The SMILES string of the molecule is CC(C)C(C)(O)C1CCCN(c2cc(-c3cnc4ccc(C(F)F)nn34)ncn2)C1. The molecule has 0 saturated carbocycles. The van der Waals surface area contributed by atoms with E-state index < -0.39 is 12.0 Å². The number of rotatable bonds is 5. The fourth-order valence-corrected chi connectivity index (χ4v) is 3.97. The van der Waals surface area contributed by atoms with Gasteiger partial charge in [-0.3, -0.25) is 0 Å². The molecule has 4 heterocycles. The Morgan fingerprint density at radius 1 is 1.20 bits per heavy atom. The molecule has 0 spiro atoms. The Morgan fingerprint density at radius 3 is 2.73 bits per heavy atom. The Hall–Kier alpha value is -2.68. The zero-order chi connectivity index (χ0) is 21.5. The van der Waals surface area contributed by atoms with Gasteiger partial charge in [-0.05, 0) is 37.8 Å². The minimum absolute atomic E-state index is 0.135. The van der Waals surface area contributed by atoms with E-state index in [-0.39, 0.29) is 17.5 Å². The van der Waals surface area contributed by atoms with Crippen LogP contribution in [0.25, 0.3) is 17.0 Å². The van der Waals surface area contributed by atoms with Gasteiger partial charge in [0.15, 0.2) is 5.65 Å². The average molecular weight is 416 g/mol. The van der Waals surface area contributed by atoms with Crippen molar-refractivity contribution in [1.82, 2.24) is 24.6 Å². The first kappa shape index (κ1) is 20.6. The highest BCUT2D eigenvalue weighted by Crippen LogP contribution is 2.34. The van der Waals surface area contributed by atoms with Crippen LogP contribution in [0.15, 0.2) is 30.7 Å². The maximum absolute atomic E-state index is 13.1. The first-order chi connectivity index (χ1) is 14.3. The Bertz CT molecular complexity index is 1040. The van der Waals surface area contributed by atoms with Crippen LogP contribution < -0.4 is 4.90 Å². The standard InChI is InChI=1S/C21H26F2N6O/c1-13(2)21(3,30)14-5-4-8-28(11-14)19-9-16(25-12-26-19)17-10-24-18-7-6-15(20(22)23)27-29(17)18/h6-7,9-10,12-14,20,30H,4-5,8,11H2,1-3H3. The molecule has 1 aliphatic rings. The highest BCUT2D eigenvalue weighted by molar-refractivity contribution is 5.62. The van der Waals surface area contributed by atoms with E-state index in [4.69, 9.17) is 0 Å². The van der Waals surface area contributed by atoms with Crippen molar-refractivity contribution < 1.29 is 13.9 Å². The summed E-state index contributed by atoms with van der Waals surface area (Å²) in [6.45, 7) is 7.51. The molecule has 0 aromatic carbocycles. The molecule has 0 amide bonds. The molecule has 0 bridgehead atoms. The van der Waals surface area contributed by atoms with E-state index in [1.54, 1.807) is 6.20 Å². The fourth-order valence-electron chi connectivity index (χ4n) is 3.97. The quantitative estimate of drug-likeness (QED) is 0.683. The van der Waals surface area contributed by atoms with Crippen LogP contribution in [0.5, 0.6) is 0 Å². The molecule has 9 heteroatoms. The van der Waals surface area contributed by atoms with Crippen molar-refractivity contribution in [2.24, 2.45) is 11.8 Å². The number of fused-ring (bicyclic) bond motifs is 1. The largest absolute Gasteiger partial charge is 0.390 e. The molecule has 1 saturated heterocycles. The minimum Gasteiger partial charge on any atom is -0.390 e. The maximum Gasteiger partial charge on any atom is 0.282 e. The molecule has 160 valence electrons. The number of imidazole rings is 1. The maximum atomic E-state index is 13.1. The van der Waals surface area contributed by atoms with Crippen LogP contribution in [0.1, 0.15) is 45.7 Å². The van der Waals surface area contributed by atoms with Crippen LogP contribution >= 0.6 is 0 Å². The number of hydrogen-bond donors (Lipinski definition) is 1. The Kier molecular flexibility index (Phi) is 5.40. The molecule has 1 aliphatic heterocycles. The van der Waals surface area contributed by atoms with Gasteiger partial charge in [-0.2, -0.15) is 5.10 Å². The van der Waals surface area contributed by atoms with Gasteiger partial charge in [0.25, 0.3) is 6.43 Å². The van der Waals surface area contributed by atoms with Gasteiger partial charge in [0.2, 0.25) is 0 Å².